The number of aromatic hydroxyl groups is 1. The number of cyclic esters (lactones) is 2. The molecule has 0 fully saturated rings. The quantitative estimate of drug-likeness (QED) is 0.0849. The second-order valence-corrected chi connectivity index (χ2v) is 8.84. The van der Waals surface area contributed by atoms with Crippen LogP contribution in [0.15, 0.2) is 95.2 Å². The average molecular weight is 532 g/mol. The number of nitrogens with zero attached hydrogens (tertiary/aromatic N) is 3. The number of amides is 1. The first-order chi connectivity index (χ1) is 19.3. The summed E-state index contributed by atoms with van der Waals surface area (Å²) in [5.74, 6) is -2.68. The number of azo groups is 1. The number of ether oxygens (including phenoxy) is 1. The van der Waals surface area contributed by atoms with E-state index in [2.05, 4.69) is 15.5 Å². The van der Waals surface area contributed by atoms with Crippen LogP contribution in [0.25, 0.3) is 21.5 Å². The normalized spacial score (nSPS) is 12.6. The lowest BCUT2D eigenvalue weighted by Crippen LogP contribution is -2.19. The number of nitro groups is 1. The van der Waals surface area contributed by atoms with E-state index < -0.39 is 28.5 Å². The molecule has 0 aliphatic carbocycles. The number of phenols is 1. The van der Waals surface area contributed by atoms with E-state index in [1.165, 1.54) is 36.4 Å². The molecular formula is C29H16N4O7. The molecule has 0 saturated heterocycles. The molecule has 0 saturated carbocycles. The van der Waals surface area contributed by atoms with Crippen LogP contribution in [0, 0.1) is 10.1 Å². The highest BCUT2D eigenvalue weighted by atomic mass is 16.6. The van der Waals surface area contributed by atoms with Crippen LogP contribution in [0.5, 0.6) is 5.75 Å². The van der Waals surface area contributed by atoms with Gasteiger partial charge in [-0.25, -0.2) is 9.59 Å². The Kier molecular flexibility index (Phi) is 5.73. The van der Waals surface area contributed by atoms with Crippen LogP contribution < -0.4 is 5.32 Å². The van der Waals surface area contributed by atoms with Gasteiger partial charge in [-0.15, -0.1) is 10.2 Å². The second kappa shape index (κ2) is 9.40. The van der Waals surface area contributed by atoms with Crippen molar-refractivity contribution in [1.82, 2.24) is 0 Å². The number of rotatable bonds is 5. The highest BCUT2D eigenvalue weighted by Gasteiger charge is 2.28. The van der Waals surface area contributed by atoms with Gasteiger partial charge in [-0.1, -0.05) is 42.5 Å². The molecule has 6 rings (SSSR count). The van der Waals surface area contributed by atoms with Crippen molar-refractivity contribution in [2.75, 3.05) is 5.32 Å². The first kappa shape index (κ1) is 24.4. The predicted molar refractivity (Wildman–Crippen MR) is 145 cm³/mol. The topological polar surface area (TPSA) is 161 Å². The number of anilines is 1. The third-order valence-corrected chi connectivity index (χ3v) is 6.46. The minimum atomic E-state index is -0.761. The zero-order chi connectivity index (χ0) is 28.0. The van der Waals surface area contributed by atoms with Gasteiger partial charge in [-0.2, -0.15) is 0 Å². The van der Waals surface area contributed by atoms with Crippen LogP contribution in [0.1, 0.15) is 31.1 Å². The molecule has 11 nitrogen and oxygen atoms in total. The zero-order valence-corrected chi connectivity index (χ0v) is 20.3. The van der Waals surface area contributed by atoms with Crippen LogP contribution in [-0.4, -0.2) is 27.9 Å². The number of nitrogens with one attached hydrogen (secondary N) is 1. The van der Waals surface area contributed by atoms with Gasteiger partial charge in [-0.3, -0.25) is 14.9 Å². The number of benzene rings is 5. The smallest absolute Gasteiger partial charge is 0.346 e. The summed E-state index contributed by atoms with van der Waals surface area (Å²) in [5.41, 5.74) is 0.619. The van der Waals surface area contributed by atoms with Crippen molar-refractivity contribution in [3.8, 4) is 5.75 Å². The van der Waals surface area contributed by atoms with Crippen LogP contribution >= 0.6 is 0 Å². The zero-order valence-electron chi connectivity index (χ0n) is 20.3. The van der Waals surface area contributed by atoms with Crippen molar-refractivity contribution >= 4 is 62.1 Å². The van der Waals surface area contributed by atoms with Crippen molar-refractivity contribution in [3.05, 3.63) is 112 Å². The van der Waals surface area contributed by atoms with E-state index in [9.17, 15) is 29.6 Å². The largest absolute Gasteiger partial charge is 0.505 e. The molecule has 11 heteroatoms. The number of fused-ring (bicyclic) bond motifs is 1. The molecule has 1 heterocycles. The van der Waals surface area contributed by atoms with E-state index in [-0.39, 0.29) is 33.8 Å². The molecule has 0 unspecified atom stereocenters. The lowest BCUT2D eigenvalue weighted by atomic mass is 9.96. The summed E-state index contributed by atoms with van der Waals surface area (Å²) in [4.78, 5) is 48.2. The van der Waals surface area contributed by atoms with E-state index in [0.29, 0.717) is 27.2 Å². The minimum Gasteiger partial charge on any atom is -0.505 e. The van der Waals surface area contributed by atoms with Crippen LogP contribution in [-0.2, 0) is 4.74 Å². The van der Waals surface area contributed by atoms with E-state index in [4.69, 9.17) is 4.74 Å². The number of hydrogen-bond donors (Lipinski definition) is 2. The van der Waals surface area contributed by atoms with Gasteiger partial charge in [0, 0.05) is 34.0 Å². The molecule has 2 N–H and O–H groups in total. The summed E-state index contributed by atoms with van der Waals surface area (Å²) < 4.78 is 4.80. The SMILES string of the molecule is O=C(Nc1cccc([N+](=O)[O-])c1)c1cc2ccccc2c(N=Nc2ccc3c4c(cccc24)C(=O)OC3=O)c1O. The monoisotopic (exact) mass is 532 g/mol. The Morgan fingerprint density at radius 1 is 0.850 bits per heavy atom. The Morgan fingerprint density at radius 2 is 1.57 bits per heavy atom. The molecule has 40 heavy (non-hydrogen) atoms. The molecule has 0 bridgehead atoms. The fraction of sp³-hybridized carbons (Fsp3) is 0. The van der Waals surface area contributed by atoms with Gasteiger partial charge >= 0.3 is 11.9 Å². The molecule has 1 aliphatic rings. The molecule has 1 aliphatic heterocycles. The number of non-ortho nitro benzene ring substituents is 1. The fourth-order valence-electron chi connectivity index (χ4n) is 4.60. The van der Waals surface area contributed by atoms with Gasteiger partial charge in [0.1, 0.15) is 5.69 Å². The predicted octanol–water partition coefficient (Wildman–Crippen LogP) is 6.59. The number of esters is 2. The number of nitro benzene ring substituents is 1. The summed E-state index contributed by atoms with van der Waals surface area (Å²) in [5, 5.41) is 35.4. The highest BCUT2D eigenvalue weighted by molar-refractivity contribution is 6.22. The molecule has 0 spiro atoms. The fourth-order valence-corrected chi connectivity index (χ4v) is 4.60. The molecule has 194 valence electrons. The molecule has 0 atom stereocenters. The second-order valence-electron chi connectivity index (χ2n) is 8.84. The first-order valence-corrected chi connectivity index (χ1v) is 11.9. The van der Waals surface area contributed by atoms with E-state index >= 15 is 0 Å². The lowest BCUT2D eigenvalue weighted by Gasteiger charge is -2.16. The minimum absolute atomic E-state index is 0.0123. The van der Waals surface area contributed by atoms with E-state index in [1.54, 1.807) is 48.5 Å². The van der Waals surface area contributed by atoms with Gasteiger partial charge in [0.2, 0.25) is 0 Å². The number of carbonyl (C=O) groups excluding carboxylic acids is 3. The van der Waals surface area contributed by atoms with Gasteiger partial charge < -0.3 is 15.2 Å². The Morgan fingerprint density at radius 3 is 2.38 bits per heavy atom. The maximum absolute atomic E-state index is 13.1. The van der Waals surface area contributed by atoms with Crippen LogP contribution in [0.3, 0.4) is 0 Å². The summed E-state index contributed by atoms with van der Waals surface area (Å²) in [6, 6.07) is 21.7. The van der Waals surface area contributed by atoms with Crippen molar-refractivity contribution in [1.29, 1.82) is 0 Å². The Labute approximate surface area is 224 Å². The summed E-state index contributed by atoms with van der Waals surface area (Å²) in [7, 11) is 0. The number of phenolic OH excluding ortho intramolecular Hbond substituents is 1. The Bertz CT molecular complexity index is 1950. The van der Waals surface area contributed by atoms with Crippen molar-refractivity contribution in [2.24, 2.45) is 10.2 Å². The van der Waals surface area contributed by atoms with E-state index in [0.717, 1.165) is 0 Å². The molecular weight excluding hydrogens is 516 g/mol. The summed E-state index contributed by atoms with van der Waals surface area (Å²) >= 11 is 0. The van der Waals surface area contributed by atoms with Crippen LogP contribution in [0.4, 0.5) is 22.7 Å². The molecule has 5 aromatic carbocycles. The van der Waals surface area contributed by atoms with Gasteiger partial charge in [0.15, 0.2) is 5.75 Å². The van der Waals surface area contributed by atoms with Crippen molar-refractivity contribution in [3.63, 3.8) is 0 Å². The van der Waals surface area contributed by atoms with Gasteiger partial charge in [0.25, 0.3) is 11.6 Å². The van der Waals surface area contributed by atoms with Crippen molar-refractivity contribution in [2.45, 2.75) is 0 Å². The molecule has 0 radical (unpaired) electrons. The highest BCUT2D eigenvalue weighted by Crippen LogP contribution is 2.41. The molecule has 1 amide bonds. The Hall–Kier alpha value is -5.97. The van der Waals surface area contributed by atoms with Gasteiger partial charge in [0.05, 0.1) is 27.3 Å². The standard InChI is InChI=1S/C29H16N4O7/c34-26-22(27(35)30-16-6-3-7-17(14-16)33(38)39)13-15-5-1-2-8-18(15)25(26)32-31-23-12-11-21-24-19(23)9-4-10-20(24)28(36)40-29(21)37/h1-14,34H,(H,30,35). The lowest BCUT2D eigenvalue weighted by molar-refractivity contribution is -0.384. The first-order valence-electron chi connectivity index (χ1n) is 11.9. The van der Waals surface area contributed by atoms with Crippen LogP contribution in [0.2, 0.25) is 0 Å². The summed E-state index contributed by atoms with van der Waals surface area (Å²) in [6.45, 7) is 0. The number of hydrogen-bond acceptors (Lipinski definition) is 9. The van der Waals surface area contributed by atoms with Gasteiger partial charge in [-0.05, 0) is 35.7 Å². The molecule has 5 aromatic rings. The summed E-state index contributed by atoms with van der Waals surface area (Å²) in [6.07, 6.45) is 0. The van der Waals surface area contributed by atoms with E-state index in [1.807, 2.05) is 0 Å². The third-order valence-electron chi connectivity index (χ3n) is 6.46. The maximum Gasteiger partial charge on any atom is 0.346 e. The van der Waals surface area contributed by atoms with Crippen molar-refractivity contribution < 1.29 is 29.2 Å². The third kappa shape index (κ3) is 4.07. The maximum atomic E-state index is 13.1. The number of carbonyl (C=O) groups is 3. The molecule has 0 aromatic heterocycles. The Balaban J connectivity index is 1.44. The average Bonchev–Trinajstić information content (AvgIpc) is 2.95.